The third kappa shape index (κ3) is 3.00. The molecule has 122 valence electrons. The molecule has 1 aromatic carbocycles. The largest absolute Gasteiger partial charge is 0.337 e. The monoisotopic (exact) mass is 322 g/mol. The van der Waals surface area contributed by atoms with Gasteiger partial charge in [-0.1, -0.05) is 41.6 Å². The van der Waals surface area contributed by atoms with Gasteiger partial charge in [0.05, 0.1) is 11.7 Å². The van der Waals surface area contributed by atoms with Gasteiger partial charge in [-0.25, -0.2) is 0 Å². The highest BCUT2D eigenvalue weighted by molar-refractivity contribution is 5.47. The second-order valence-electron chi connectivity index (χ2n) is 6.00. The number of benzene rings is 1. The van der Waals surface area contributed by atoms with Gasteiger partial charge in [0.2, 0.25) is 17.3 Å². The van der Waals surface area contributed by atoms with Gasteiger partial charge in [0.1, 0.15) is 0 Å². The molecule has 0 amide bonds. The van der Waals surface area contributed by atoms with Crippen LogP contribution in [0.3, 0.4) is 0 Å². The highest BCUT2D eigenvalue weighted by atomic mass is 16.5. The first-order valence-electron chi connectivity index (χ1n) is 8.11. The summed E-state index contributed by atoms with van der Waals surface area (Å²) in [6, 6.07) is 15.4. The van der Waals surface area contributed by atoms with Crippen LogP contribution in [0.25, 0.3) is 11.5 Å². The lowest BCUT2D eigenvalue weighted by Gasteiger charge is -2.21. The molecular formula is C18H18N4O2. The Hall–Kier alpha value is -2.73. The van der Waals surface area contributed by atoms with E-state index < -0.39 is 0 Å². The van der Waals surface area contributed by atoms with Crippen molar-refractivity contribution >= 4 is 0 Å². The molecular weight excluding hydrogens is 304 g/mol. The fourth-order valence-electron chi connectivity index (χ4n) is 3.17. The van der Waals surface area contributed by atoms with Gasteiger partial charge in [-0.15, -0.1) is 0 Å². The standard InChI is InChI=1S/C18H18N4O2/c23-16-10-4-8-14(19-16)17-20-18(24-21-17)15-9-5-11-22(15)12-13-6-2-1-3-7-13/h1-4,6-8,10,15H,5,9,11-12H2,(H,19,23). The van der Waals surface area contributed by atoms with Crippen LogP contribution in [0.5, 0.6) is 0 Å². The van der Waals surface area contributed by atoms with Crippen LogP contribution in [0.15, 0.2) is 57.8 Å². The van der Waals surface area contributed by atoms with E-state index in [4.69, 9.17) is 4.52 Å². The van der Waals surface area contributed by atoms with E-state index in [0.717, 1.165) is 25.9 Å². The number of pyridine rings is 1. The summed E-state index contributed by atoms with van der Waals surface area (Å²) < 4.78 is 5.49. The Kier molecular flexibility index (Phi) is 3.96. The minimum absolute atomic E-state index is 0.127. The van der Waals surface area contributed by atoms with Gasteiger partial charge in [-0.05, 0) is 31.0 Å². The number of nitrogens with one attached hydrogen (secondary N) is 1. The normalized spacial score (nSPS) is 18.1. The average molecular weight is 322 g/mol. The van der Waals surface area contributed by atoms with Crippen molar-refractivity contribution in [3.63, 3.8) is 0 Å². The summed E-state index contributed by atoms with van der Waals surface area (Å²) in [6.07, 6.45) is 2.11. The third-order valence-corrected chi connectivity index (χ3v) is 4.33. The Labute approximate surface area is 139 Å². The van der Waals surface area contributed by atoms with E-state index >= 15 is 0 Å². The highest BCUT2D eigenvalue weighted by Crippen LogP contribution is 2.32. The molecule has 1 atom stereocenters. The lowest BCUT2D eigenvalue weighted by Crippen LogP contribution is -2.23. The Morgan fingerprint density at radius 1 is 1.17 bits per heavy atom. The van der Waals surface area contributed by atoms with Crippen LogP contribution in [0.4, 0.5) is 0 Å². The first-order valence-corrected chi connectivity index (χ1v) is 8.11. The molecule has 24 heavy (non-hydrogen) atoms. The summed E-state index contributed by atoms with van der Waals surface area (Å²) in [5, 5.41) is 4.03. The summed E-state index contributed by atoms with van der Waals surface area (Å²) in [7, 11) is 0. The van der Waals surface area contributed by atoms with Crippen LogP contribution in [-0.2, 0) is 6.54 Å². The summed E-state index contributed by atoms with van der Waals surface area (Å²) in [6.45, 7) is 1.88. The molecule has 6 heteroatoms. The summed E-state index contributed by atoms with van der Waals surface area (Å²) >= 11 is 0. The van der Waals surface area contributed by atoms with Gasteiger partial charge >= 0.3 is 0 Å². The van der Waals surface area contributed by atoms with Gasteiger partial charge in [-0.3, -0.25) is 9.69 Å². The molecule has 1 N–H and O–H groups in total. The Balaban J connectivity index is 1.56. The maximum atomic E-state index is 11.4. The van der Waals surface area contributed by atoms with Crippen LogP contribution in [0.1, 0.15) is 30.3 Å². The predicted octanol–water partition coefficient (Wildman–Crippen LogP) is 2.76. The van der Waals surface area contributed by atoms with E-state index in [1.807, 2.05) is 6.07 Å². The van der Waals surface area contributed by atoms with Gasteiger partial charge < -0.3 is 9.51 Å². The van der Waals surface area contributed by atoms with Gasteiger partial charge in [-0.2, -0.15) is 4.98 Å². The zero-order valence-corrected chi connectivity index (χ0v) is 13.2. The first kappa shape index (κ1) is 14.8. The van der Waals surface area contributed by atoms with Crippen molar-refractivity contribution in [2.75, 3.05) is 6.54 Å². The Morgan fingerprint density at radius 2 is 2.04 bits per heavy atom. The smallest absolute Gasteiger partial charge is 0.248 e. The number of likely N-dealkylation sites (tertiary alicyclic amines) is 1. The van der Waals surface area contributed by atoms with Gasteiger partial charge in [0, 0.05) is 12.6 Å². The van der Waals surface area contributed by atoms with Crippen LogP contribution >= 0.6 is 0 Å². The Bertz CT molecular complexity index is 872. The van der Waals surface area contributed by atoms with E-state index in [-0.39, 0.29) is 11.6 Å². The number of rotatable bonds is 4. The average Bonchev–Trinajstić information content (AvgIpc) is 3.25. The second-order valence-corrected chi connectivity index (χ2v) is 6.00. The molecule has 0 bridgehead atoms. The molecule has 1 aliphatic heterocycles. The van der Waals surface area contributed by atoms with Crippen molar-refractivity contribution in [2.45, 2.75) is 25.4 Å². The molecule has 6 nitrogen and oxygen atoms in total. The SMILES string of the molecule is O=c1cccc(-c2noc(C3CCCN3Cc3ccccc3)n2)[nH]1. The van der Waals surface area contributed by atoms with Crippen LogP contribution < -0.4 is 5.56 Å². The zero-order valence-electron chi connectivity index (χ0n) is 13.2. The van der Waals surface area contributed by atoms with E-state index in [9.17, 15) is 4.79 Å². The molecule has 2 aromatic heterocycles. The minimum Gasteiger partial charge on any atom is -0.337 e. The summed E-state index contributed by atoms with van der Waals surface area (Å²) in [5.74, 6) is 1.04. The molecule has 1 aliphatic rings. The van der Waals surface area contributed by atoms with Gasteiger partial charge in [0.25, 0.3) is 0 Å². The lowest BCUT2D eigenvalue weighted by molar-refractivity contribution is 0.201. The maximum Gasteiger partial charge on any atom is 0.248 e. The first-order chi connectivity index (χ1) is 11.8. The molecule has 1 saturated heterocycles. The second kappa shape index (κ2) is 6.41. The molecule has 0 spiro atoms. The summed E-state index contributed by atoms with van der Waals surface area (Å²) in [4.78, 5) is 21.0. The zero-order chi connectivity index (χ0) is 16.4. The van der Waals surface area contributed by atoms with E-state index in [0.29, 0.717) is 17.4 Å². The predicted molar refractivity (Wildman–Crippen MR) is 89.2 cm³/mol. The number of nitrogens with zero attached hydrogens (tertiary/aromatic N) is 3. The van der Waals surface area contributed by atoms with Crippen molar-refractivity contribution in [3.05, 3.63) is 70.3 Å². The lowest BCUT2D eigenvalue weighted by atomic mass is 10.2. The molecule has 0 aliphatic carbocycles. The number of hydrogen-bond donors (Lipinski definition) is 1. The molecule has 1 unspecified atom stereocenters. The molecule has 3 heterocycles. The van der Waals surface area contributed by atoms with Gasteiger partial charge in [0.15, 0.2) is 0 Å². The van der Waals surface area contributed by atoms with Crippen LogP contribution in [-0.4, -0.2) is 26.6 Å². The van der Waals surface area contributed by atoms with Crippen molar-refractivity contribution in [1.29, 1.82) is 0 Å². The minimum atomic E-state index is -0.176. The third-order valence-electron chi connectivity index (χ3n) is 4.33. The van der Waals surface area contributed by atoms with Crippen molar-refractivity contribution < 1.29 is 4.52 Å². The maximum absolute atomic E-state index is 11.4. The number of aromatic nitrogens is 3. The van der Waals surface area contributed by atoms with Crippen molar-refractivity contribution in [1.82, 2.24) is 20.0 Å². The van der Waals surface area contributed by atoms with Crippen LogP contribution in [0.2, 0.25) is 0 Å². The van der Waals surface area contributed by atoms with Crippen LogP contribution in [0, 0.1) is 0 Å². The highest BCUT2D eigenvalue weighted by Gasteiger charge is 2.30. The molecule has 0 saturated carbocycles. The van der Waals surface area contributed by atoms with Crippen molar-refractivity contribution in [3.8, 4) is 11.5 Å². The van der Waals surface area contributed by atoms with Crippen molar-refractivity contribution in [2.24, 2.45) is 0 Å². The summed E-state index contributed by atoms with van der Waals surface area (Å²) in [5.41, 5.74) is 1.67. The number of hydrogen-bond acceptors (Lipinski definition) is 5. The molecule has 0 radical (unpaired) electrons. The molecule has 3 aromatic rings. The molecule has 4 rings (SSSR count). The van der Waals surface area contributed by atoms with E-state index in [1.54, 1.807) is 12.1 Å². The quantitative estimate of drug-likeness (QED) is 0.799. The Morgan fingerprint density at radius 3 is 2.88 bits per heavy atom. The van der Waals surface area contributed by atoms with E-state index in [2.05, 4.69) is 44.3 Å². The fraction of sp³-hybridized carbons (Fsp3) is 0.278. The topological polar surface area (TPSA) is 75.0 Å². The fourth-order valence-corrected chi connectivity index (χ4v) is 3.17. The molecule has 1 fully saturated rings. The number of aromatic amines is 1. The van der Waals surface area contributed by atoms with E-state index in [1.165, 1.54) is 11.6 Å². The number of H-pyrrole nitrogens is 1.